The molecule has 3 rings (SSSR count). The molecule has 0 aromatic heterocycles. The summed E-state index contributed by atoms with van der Waals surface area (Å²) in [6.45, 7) is 1.81. The van der Waals surface area contributed by atoms with E-state index in [1.165, 1.54) is 36.2 Å². The molecule has 4 atom stereocenters. The number of aromatic hydroxyl groups is 1. The zero-order valence-electron chi connectivity index (χ0n) is 17.2. The van der Waals surface area contributed by atoms with Gasteiger partial charge in [0.25, 0.3) is 5.91 Å². The van der Waals surface area contributed by atoms with Gasteiger partial charge in [-0.2, -0.15) is 0 Å². The summed E-state index contributed by atoms with van der Waals surface area (Å²) >= 11 is 6.94. The lowest BCUT2D eigenvalue weighted by atomic mass is 9.96. The number of aliphatic carboxylic acids is 2. The van der Waals surface area contributed by atoms with Gasteiger partial charge in [-0.05, 0) is 24.6 Å². The van der Waals surface area contributed by atoms with E-state index < -0.39 is 41.1 Å². The number of phenols is 1. The zero-order chi connectivity index (χ0) is 24.3. The molecule has 1 aromatic rings. The number of fused-ring (bicyclic) bond motifs is 1. The maximum Gasteiger partial charge on any atom is 0.353 e. The Bertz CT molecular complexity index is 1040. The van der Waals surface area contributed by atoms with Gasteiger partial charge in [-0.3, -0.25) is 19.3 Å². The fourth-order valence-electron chi connectivity index (χ4n) is 3.34. The number of nitrogens with zero attached hydrogens (tertiary/aromatic N) is 2. The highest BCUT2D eigenvalue weighted by Crippen LogP contribution is 2.40. The SMILES string of the molecule is CC(Cl)CON=CC1=C(C(=O)O)N2C(=O)[C@@H](NC(=O)C(C(=O)O)c3cccc(O)c3)[C@@H]2SC1. The number of oxime groups is 1. The third-order valence-electron chi connectivity index (χ3n) is 4.80. The molecule has 2 aliphatic rings. The Morgan fingerprint density at radius 3 is 2.73 bits per heavy atom. The van der Waals surface area contributed by atoms with Crippen LogP contribution in [0.15, 0.2) is 40.7 Å². The minimum atomic E-state index is -1.66. The van der Waals surface area contributed by atoms with Crippen LogP contribution in [0.4, 0.5) is 0 Å². The molecule has 4 N–H and O–H groups in total. The highest BCUT2D eigenvalue weighted by molar-refractivity contribution is 8.00. The van der Waals surface area contributed by atoms with Crippen LogP contribution in [0.2, 0.25) is 0 Å². The fourth-order valence-corrected chi connectivity index (χ4v) is 4.69. The molecule has 2 amide bonds. The van der Waals surface area contributed by atoms with E-state index in [9.17, 15) is 34.5 Å². The van der Waals surface area contributed by atoms with Crippen molar-refractivity contribution in [2.24, 2.45) is 5.16 Å². The molecule has 11 nitrogen and oxygen atoms in total. The lowest BCUT2D eigenvalue weighted by Gasteiger charge is -2.49. The Kier molecular flexibility index (Phi) is 7.49. The number of nitrogens with one attached hydrogen (secondary N) is 1. The van der Waals surface area contributed by atoms with Gasteiger partial charge in [0.15, 0.2) is 5.92 Å². The highest BCUT2D eigenvalue weighted by Gasteiger charge is 2.54. The molecule has 176 valence electrons. The topological polar surface area (TPSA) is 166 Å². The number of rotatable bonds is 9. The summed E-state index contributed by atoms with van der Waals surface area (Å²) in [5.74, 6) is -6.17. The van der Waals surface area contributed by atoms with Gasteiger partial charge < -0.3 is 25.5 Å². The van der Waals surface area contributed by atoms with Crippen molar-refractivity contribution < 1.29 is 39.3 Å². The first-order valence-corrected chi connectivity index (χ1v) is 11.1. The van der Waals surface area contributed by atoms with Gasteiger partial charge in [-0.15, -0.1) is 23.4 Å². The Labute approximate surface area is 197 Å². The third-order valence-corrected chi connectivity index (χ3v) is 6.23. The quantitative estimate of drug-likeness (QED) is 0.127. The predicted molar refractivity (Wildman–Crippen MR) is 118 cm³/mol. The zero-order valence-corrected chi connectivity index (χ0v) is 18.7. The van der Waals surface area contributed by atoms with Crippen LogP contribution in [0.1, 0.15) is 18.4 Å². The van der Waals surface area contributed by atoms with E-state index >= 15 is 0 Å². The van der Waals surface area contributed by atoms with Gasteiger partial charge in [0.2, 0.25) is 5.91 Å². The Hall–Kier alpha value is -3.25. The number of amides is 2. The van der Waals surface area contributed by atoms with E-state index in [4.69, 9.17) is 16.4 Å². The maximum absolute atomic E-state index is 12.7. The largest absolute Gasteiger partial charge is 0.508 e. The molecular formula is C20H20ClN3O8S. The van der Waals surface area contributed by atoms with E-state index in [-0.39, 0.29) is 40.3 Å². The van der Waals surface area contributed by atoms with Gasteiger partial charge in [-0.1, -0.05) is 17.3 Å². The summed E-state index contributed by atoms with van der Waals surface area (Å²) in [4.78, 5) is 54.9. The first kappa shape index (κ1) is 24.4. The number of carbonyl (C=O) groups is 4. The predicted octanol–water partition coefficient (Wildman–Crippen LogP) is 0.929. The molecule has 2 heterocycles. The van der Waals surface area contributed by atoms with Crippen LogP contribution in [-0.2, 0) is 24.0 Å². The number of alkyl halides is 1. The molecule has 1 saturated heterocycles. The summed E-state index contributed by atoms with van der Waals surface area (Å²) < 4.78 is 0. The smallest absolute Gasteiger partial charge is 0.353 e. The minimum absolute atomic E-state index is 0.0378. The van der Waals surface area contributed by atoms with E-state index in [1.54, 1.807) is 6.92 Å². The molecule has 13 heteroatoms. The minimum Gasteiger partial charge on any atom is -0.508 e. The highest BCUT2D eigenvalue weighted by atomic mass is 35.5. The van der Waals surface area contributed by atoms with E-state index in [2.05, 4.69) is 10.5 Å². The molecule has 33 heavy (non-hydrogen) atoms. The van der Waals surface area contributed by atoms with Crippen LogP contribution >= 0.6 is 23.4 Å². The van der Waals surface area contributed by atoms with Gasteiger partial charge in [0.05, 0.1) is 11.6 Å². The number of hydrogen-bond acceptors (Lipinski definition) is 8. The second-order valence-electron chi connectivity index (χ2n) is 7.25. The van der Waals surface area contributed by atoms with Crippen LogP contribution in [0.5, 0.6) is 5.75 Å². The number of hydrogen-bond donors (Lipinski definition) is 4. The number of halogens is 1. The average molecular weight is 498 g/mol. The van der Waals surface area contributed by atoms with Crippen LogP contribution in [0.25, 0.3) is 0 Å². The molecule has 0 radical (unpaired) electrons. The third kappa shape index (κ3) is 5.22. The number of carboxylic acids is 2. The number of carboxylic acid groups (broad SMARTS) is 2. The lowest BCUT2D eigenvalue weighted by molar-refractivity contribution is -0.152. The monoisotopic (exact) mass is 497 g/mol. The maximum atomic E-state index is 12.7. The summed E-state index contributed by atoms with van der Waals surface area (Å²) in [5, 5.41) is 33.8. The number of benzene rings is 1. The van der Waals surface area contributed by atoms with E-state index in [0.29, 0.717) is 0 Å². The second kappa shape index (κ2) is 10.1. The summed E-state index contributed by atoms with van der Waals surface area (Å²) in [6.07, 6.45) is 1.20. The number of thioether (sulfide) groups is 1. The number of phenolic OH excluding ortho intramolecular Hbond substituents is 1. The van der Waals surface area contributed by atoms with Crippen molar-refractivity contribution in [3.05, 3.63) is 41.1 Å². The first-order chi connectivity index (χ1) is 15.6. The van der Waals surface area contributed by atoms with Gasteiger partial charge >= 0.3 is 11.9 Å². The summed E-state index contributed by atoms with van der Waals surface area (Å²) in [5.41, 5.74) is -0.00799. The Morgan fingerprint density at radius 2 is 2.12 bits per heavy atom. The molecule has 1 fully saturated rings. The second-order valence-corrected chi connectivity index (χ2v) is 9.10. The molecule has 0 aliphatic carbocycles. The van der Waals surface area contributed by atoms with Crippen molar-refractivity contribution in [2.45, 2.75) is 29.6 Å². The van der Waals surface area contributed by atoms with Gasteiger partial charge in [-0.25, -0.2) is 4.79 Å². The molecule has 0 bridgehead atoms. The van der Waals surface area contributed by atoms with Crippen LogP contribution < -0.4 is 5.32 Å². The fraction of sp³-hybridized carbons (Fsp3) is 0.350. The van der Waals surface area contributed by atoms with Crippen molar-refractivity contribution in [1.82, 2.24) is 10.2 Å². The Balaban J connectivity index is 1.76. The molecule has 1 aromatic carbocycles. The van der Waals surface area contributed by atoms with E-state index in [0.717, 1.165) is 11.0 Å². The molecule has 0 saturated carbocycles. The standard InChI is InChI=1S/C20H20ClN3O8S/c1-9(21)7-32-22-6-11-8-33-18-14(17(27)24(18)15(11)20(30)31)23-16(26)13(19(28)29)10-3-2-4-12(25)5-10/h2-6,9,13-14,18,25H,7-8H2,1H3,(H,23,26)(H,28,29)(H,30,31)/t9?,13?,14-,18+/m1/s1. The van der Waals surface area contributed by atoms with Gasteiger partial charge in [0.1, 0.15) is 29.5 Å². The van der Waals surface area contributed by atoms with Gasteiger partial charge in [0, 0.05) is 11.3 Å². The average Bonchev–Trinajstić information content (AvgIpc) is 2.74. The van der Waals surface area contributed by atoms with Crippen LogP contribution in [-0.4, -0.2) is 79.3 Å². The summed E-state index contributed by atoms with van der Waals surface area (Å²) in [6, 6.07) is 4.13. The normalized spacial score (nSPS) is 21.8. The Morgan fingerprint density at radius 1 is 1.39 bits per heavy atom. The number of carbonyl (C=O) groups excluding carboxylic acids is 2. The molecule has 2 aliphatic heterocycles. The van der Waals surface area contributed by atoms with Crippen molar-refractivity contribution in [3.63, 3.8) is 0 Å². The van der Waals surface area contributed by atoms with E-state index in [1.807, 2.05) is 0 Å². The van der Waals surface area contributed by atoms with Crippen molar-refractivity contribution >= 4 is 53.3 Å². The molecular weight excluding hydrogens is 478 g/mol. The molecule has 0 spiro atoms. The van der Waals surface area contributed by atoms with Crippen LogP contribution in [0.3, 0.4) is 0 Å². The summed E-state index contributed by atoms with van der Waals surface area (Å²) in [7, 11) is 0. The lowest BCUT2D eigenvalue weighted by Crippen LogP contribution is -2.71. The first-order valence-electron chi connectivity index (χ1n) is 9.64. The number of β-lactam (4-membered cyclic amide) rings is 1. The van der Waals surface area contributed by atoms with Crippen molar-refractivity contribution in [2.75, 3.05) is 12.4 Å². The molecule has 2 unspecified atom stereocenters. The van der Waals surface area contributed by atoms with Crippen molar-refractivity contribution in [1.29, 1.82) is 0 Å². The van der Waals surface area contributed by atoms with Crippen LogP contribution in [0, 0.1) is 0 Å². The van der Waals surface area contributed by atoms with Crippen molar-refractivity contribution in [3.8, 4) is 5.75 Å².